The van der Waals surface area contributed by atoms with Gasteiger partial charge in [-0.25, -0.2) is 0 Å². The van der Waals surface area contributed by atoms with Crippen molar-refractivity contribution in [3.05, 3.63) is 29.9 Å². The van der Waals surface area contributed by atoms with E-state index in [0.29, 0.717) is 24.1 Å². The van der Waals surface area contributed by atoms with Crippen LogP contribution >= 0.6 is 0 Å². The van der Waals surface area contributed by atoms with Gasteiger partial charge < -0.3 is 10.3 Å². The smallest absolute Gasteiger partial charge is 0.228 e. The summed E-state index contributed by atoms with van der Waals surface area (Å²) >= 11 is 0. The highest BCUT2D eigenvalue weighted by atomic mass is 16.5. The SMILES string of the molecule is Cc1ccncc1-c1noc(CC(N)CC(C)C)n1. The molecule has 0 spiro atoms. The summed E-state index contributed by atoms with van der Waals surface area (Å²) in [5.41, 5.74) is 8.02. The lowest BCUT2D eigenvalue weighted by Crippen LogP contribution is -2.24. The van der Waals surface area contributed by atoms with E-state index in [1.807, 2.05) is 13.0 Å². The highest BCUT2D eigenvalue weighted by molar-refractivity contribution is 5.57. The van der Waals surface area contributed by atoms with Crippen molar-refractivity contribution in [2.24, 2.45) is 11.7 Å². The Morgan fingerprint density at radius 1 is 1.37 bits per heavy atom. The van der Waals surface area contributed by atoms with Crippen molar-refractivity contribution in [2.45, 2.75) is 39.7 Å². The summed E-state index contributed by atoms with van der Waals surface area (Å²) in [7, 11) is 0. The van der Waals surface area contributed by atoms with Gasteiger partial charge in [-0.05, 0) is 30.9 Å². The van der Waals surface area contributed by atoms with Gasteiger partial charge in [0.15, 0.2) is 0 Å². The molecule has 19 heavy (non-hydrogen) atoms. The Labute approximate surface area is 113 Å². The second-order valence-corrected chi connectivity index (χ2v) is 5.30. The molecule has 0 amide bonds. The predicted octanol–water partition coefficient (Wildman–Crippen LogP) is 2.36. The zero-order chi connectivity index (χ0) is 13.8. The highest BCUT2D eigenvalue weighted by Crippen LogP contribution is 2.19. The van der Waals surface area contributed by atoms with Crippen LogP contribution in [-0.2, 0) is 6.42 Å². The van der Waals surface area contributed by atoms with Crippen molar-refractivity contribution < 1.29 is 4.52 Å². The average molecular weight is 260 g/mol. The van der Waals surface area contributed by atoms with Crippen LogP contribution in [-0.4, -0.2) is 21.2 Å². The molecule has 0 saturated carbocycles. The van der Waals surface area contributed by atoms with E-state index >= 15 is 0 Å². The van der Waals surface area contributed by atoms with Crippen molar-refractivity contribution in [1.29, 1.82) is 0 Å². The Bertz CT molecular complexity index is 536. The number of pyridine rings is 1. The van der Waals surface area contributed by atoms with Gasteiger partial charge >= 0.3 is 0 Å². The molecule has 0 aliphatic heterocycles. The summed E-state index contributed by atoms with van der Waals surface area (Å²) in [5, 5.41) is 4.00. The maximum atomic E-state index is 6.04. The summed E-state index contributed by atoms with van der Waals surface area (Å²) in [6.07, 6.45) is 5.06. The van der Waals surface area contributed by atoms with Gasteiger partial charge in [-0.15, -0.1) is 0 Å². The fraction of sp³-hybridized carbons (Fsp3) is 0.500. The summed E-state index contributed by atoms with van der Waals surface area (Å²) in [6.45, 7) is 6.30. The molecule has 0 radical (unpaired) electrons. The van der Waals surface area contributed by atoms with Crippen LogP contribution in [0.4, 0.5) is 0 Å². The van der Waals surface area contributed by atoms with Crippen LogP contribution in [0.1, 0.15) is 31.7 Å². The largest absolute Gasteiger partial charge is 0.339 e. The number of rotatable bonds is 5. The maximum absolute atomic E-state index is 6.04. The molecule has 0 saturated heterocycles. The molecule has 2 aromatic heterocycles. The molecule has 1 atom stereocenters. The fourth-order valence-corrected chi connectivity index (χ4v) is 2.06. The van der Waals surface area contributed by atoms with Crippen LogP contribution in [0.3, 0.4) is 0 Å². The van der Waals surface area contributed by atoms with Crippen molar-refractivity contribution in [3.63, 3.8) is 0 Å². The van der Waals surface area contributed by atoms with E-state index in [2.05, 4.69) is 29.0 Å². The van der Waals surface area contributed by atoms with Gasteiger partial charge in [0.2, 0.25) is 11.7 Å². The quantitative estimate of drug-likeness (QED) is 0.892. The molecular formula is C14H20N4O. The number of hydrogen-bond donors (Lipinski definition) is 1. The zero-order valence-corrected chi connectivity index (χ0v) is 11.6. The van der Waals surface area contributed by atoms with Crippen molar-refractivity contribution in [1.82, 2.24) is 15.1 Å². The Morgan fingerprint density at radius 2 is 2.16 bits per heavy atom. The zero-order valence-electron chi connectivity index (χ0n) is 11.6. The lowest BCUT2D eigenvalue weighted by atomic mass is 10.0. The number of aryl methyl sites for hydroxylation is 1. The predicted molar refractivity (Wildman–Crippen MR) is 73.4 cm³/mol. The minimum absolute atomic E-state index is 0.0586. The molecule has 102 valence electrons. The Hall–Kier alpha value is -1.75. The number of hydrogen-bond acceptors (Lipinski definition) is 5. The van der Waals surface area contributed by atoms with Gasteiger partial charge in [0, 0.05) is 30.4 Å². The molecule has 0 fully saturated rings. The Morgan fingerprint density at radius 3 is 2.84 bits per heavy atom. The Balaban J connectivity index is 2.09. The van der Waals surface area contributed by atoms with Gasteiger partial charge in [-0.3, -0.25) is 4.98 Å². The van der Waals surface area contributed by atoms with E-state index < -0.39 is 0 Å². The molecule has 5 nitrogen and oxygen atoms in total. The summed E-state index contributed by atoms with van der Waals surface area (Å²) in [6, 6.07) is 1.99. The molecule has 1 unspecified atom stereocenters. The van der Waals surface area contributed by atoms with Gasteiger partial charge in [-0.1, -0.05) is 19.0 Å². The second kappa shape index (κ2) is 5.93. The Kier molecular flexibility index (Phi) is 4.27. The highest BCUT2D eigenvalue weighted by Gasteiger charge is 2.14. The summed E-state index contributed by atoms with van der Waals surface area (Å²) < 4.78 is 5.26. The monoisotopic (exact) mass is 260 g/mol. The minimum Gasteiger partial charge on any atom is -0.339 e. The van der Waals surface area contributed by atoms with Gasteiger partial charge in [0.1, 0.15) is 0 Å². The topological polar surface area (TPSA) is 77.8 Å². The first kappa shape index (κ1) is 13.7. The lowest BCUT2D eigenvalue weighted by molar-refractivity contribution is 0.359. The van der Waals surface area contributed by atoms with Crippen LogP contribution < -0.4 is 5.73 Å². The first-order valence-electron chi connectivity index (χ1n) is 6.55. The third-order valence-corrected chi connectivity index (χ3v) is 2.96. The van der Waals surface area contributed by atoms with Crippen LogP contribution in [0.2, 0.25) is 0 Å². The molecule has 0 aliphatic carbocycles. The van der Waals surface area contributed by atoms with E-state index in [4.69, 9.17) is 10.3 Å². The van der Waals surface area contributed by atoms with Crippen LogP contribution in [0.25, 0.3) is 11.4 Å². The summed E-state index contributed by atoms with van der Waals surface area (Å²) in [4.78, 5) is 8.48. The molecule has 5 heteroatoms. The molecule has 0 bridgehead atoms. The van der Waals surface area contributed by atoms with Crippen LogP contribution in [0.5, 0.6) is 0 Å². The first-order chi connectivity index (χ1) is 9.06. The summed E-state index contributed by atoms with van der Waals surface area (Å²) in [5.74, 6) is 1.74. The molecule has 0 aromatic carbocycles. The van der Waals surface area contributed by atoms with Gasteiger partial charge in [0.25, 0.3) is 0 Å². The number of aromatic nitrogens is 3. The number of nitrogens with two attached hydrogens (primary N) is 1. The minimum atomic E-state index is 0.0586. The van der Waals surface area contributed by atoms with Crippen molar-refractivity contribution >= 4 is 0 Å². The standard InChI is InChI=1S/C14H20N4O/c1-9(2)6-11(15)7-13-17-14(18-19-13)12-8-16-5-4-10(12)3/h4-5,8-9,11H,6-7,15H2,1-3H3. The fourth-order valence-electron chi connectivity index (χ4n) is 2.06. The van der Waals surface area contributed by atoms with E-state index in [9.17, 15) is 0 Å². The molecule has 2 rings (SSSR count). The maximum Gasteiger partial charge on any atom is 0.228 e. The van der Waals surface area contributed by atoms with Crippen molar-refractivity contribution in [2.75, 3.05) is 0 Å². The van der Waals surface area contributed by atoms with E-state index in [1.165, 1.54) is 0 Å². The van der Waals surface area contributed by atoms with E-state index in [0.717, 1.165) is 17.5 Å². The van der Waals surface area contributed by atoms with Gasteiger partial charge in [0.05, 0.1) is 0 Å². The first-order valence-corrected chi connectivity index (χ1v) is 6.55. The van der Waals surface area contributed by atoms with E-state index in [-0.39, 0.29) is 6.04 Å². The van der Waals surface area contributed by atoms with Crippen LogP contribution in [0.15, 0.2) is 23.0 Å². The molecule has 2 heterocycles. The van der Waals surface area contributed by atoms with Crippen LogP contribution in [0, 0.1) is 12.8 Å². The molecule has 2 aromatic rings. The molecule has 2 N–H and O–H groups in total. The normalized spacial score (nSPS) is 12.9. The average Bonchev–Trinajstić information content (AvgIpc) is 2.76. The van der Waals surface area contributed by atoms with Gasteiger partial charge in [-0.2, -0.15) is 4.98 Å². The van der Waals surface area contributed by atoms with Crippen molar-refractivity contribution in [3.8, 4) is 11.4 Å². The van der Waals surface area contributed by atoms with E-state index in [1.54, 1.807) is 12.4 Å². The lowest BCUT2D eigenvalue weighted by Gasteiger charge is -2.10. The third kappa shape index (κ3) is 3.61. The third-order valence-electron chi connectivity index (χ3n) is 2.96. The molecular weight excluding hydrogens is 240 g/mol. The second-order valence-electron chi connectivity index (χ2n) is 5.30. The number of nitrogens with zero attached hydrogens (tertiary/aromatic N) is 3. The molecule has 0 aliphatic rings.